The van der Waals surface area contributed by atoms with Crippen molar-refractivity contribution >= 4 is 5.97 Å². The molecule has 0 spiro atoms. The monoisotopic (exact) mass is 387 g/mol. The number of piperidine rings is 1. The van der Waals surface area contributed by atoms with Crippen LogP contribution in [0.5, 0.6) is 0 Å². The molecule has 0 radical (unpaired) electrons. The summed E-state index contributed by atoms with van der Waals surface area (Å²) in [5, 5.41) is 0. The number of carbonyl (C=O) groups excluding carboxylic acids is 1. The molecule has 3 nitrogen and oxygen atoms in total. The van der Waals surface area contributed by atoms with Crippen molar-refractivity contribution in [3.05, 3.63) is 58.7 Å². The molecule has 0 aromatic heterocycles. The molecule has 0 amide bonds. The molecular formula is C22H20F3NO2. The highest BCUT2D eigenvalue weighted by molar-refractivity contribution is 5.88. The number of esters is 1. The van der Waals surface area contributed by atoms with Gasteiger partial charge in [0.1, 0.15) is 6.10 Å². The number of rotatable bonds is 0. The van der Waals surface area contributed by atoms with E-state index >= 15 is 0 Å². The van der Waals surface area contributed by atoms with E-state index in [0.29, 0.717) is 11.1 Å². The summed E-state index contributed by atoms with van der Waals surface area (Å²) in [6.07, 6.45) is 1.57. The largest absolute Gasteiger partial charge is 0.453 e. The van der Waals surface area contributed by atoms with Gasteiger partial charge in [0.15, 0.2) is 0 Å². The average Bonchev–Trinajstić information content (AvgIpc) is 3.01. The van der Waals surface area contributed by atoms with Crippen LogP contribution in [0.25, 0.3) is 0 Å². The zero-order valence-corrected chi connectivity index (χ0v) is 15.4. The third kappa shape index (κ3) is 3.47. The second-order valence-corrected chi connectivity index (χ2v) is 7.37. The van der Waals surface area contributed by atoms with E-state index in [0.717, 1.165) is 31.9 Å². The van der Waals surface area contributed by atoms with Gasteiger partial charge in [-0.05, 0) is 38.4 Å². The summed E-state index contributed by atoms with van der Waals surface area (Å²) < 4.78 is 45.3. The van der Waals surface area contributed by atoms with Crippen LogP contribution >= 0.6 is 0 Å². The van der Waals surface area contributed by atoms with Gasteiger partial charge in [-0.15, -0.1) is 0 Å². The third-order valence-corrected chi connectivity index (χ3v) is 5.57. The normalized spacial score (nSPS) is 27.4. The molecule has 1 saturated heterocycles. The summed E-state index contributed by atoms with van der Waals surface area (Å²) >= 11 is 0. The topological polar surface area (TPSA) is 29.5 Å². The highest BCUT2D eigenvalue weighted by atomic mass is 19.4. The number of benzene rings is 1. The SMILES string of the molecule is C[C@H]1C=C(C#Cc2ccccc2C(F)(F)F)C2=CC(=O)OC2C2CCCCN21. The molecule has 0 saturated carbocycles. The van der Waals surface area contributed by atoms with Gasteiger partial charge >= 0.3 is 12.1 Å². The Morgan fingerprint density at radius 1 is 1.18 bits per heavy atom. The number of alkyl halides is 3. The fourth-order valence-electron chi connectivity index (χ4n) is 4.28. The van der Waals surface area contributed by atoms with E-state index in [1.54, 1.807) is 0 Å². The quantitative estimate of drug-likeness (QED) is 0.496. The van der Waals surface area contributed by atoms with Crippen molar-refractivity contribution in [3.63, 3.8) is 0 Å². The Morgan fingerprint density at radius 2 is 1.96 bits per heavy atom. The maximum absolute atomic E-state index is 13.2. The Kier molecular flexibility index (Phi) is 4.80. The van der Waals surface area contributed by atoms with Gasteiger partial charge in [0.2, 0.25) is 0 Å². The van der Waals surface area contributed by atoms with Crippen LogP contribution in [-0.2, 0) is 15.7 Å². The Hall–Kier alpha value is -2.52. The van der Waals surface area contributed by atoms with Crippen molar-refractivity contribution in [1.29, 1.82) is 0 Å². The van der Waals surface area contributed by atoms with E-state index in [-0.39, 0.29) is 17.6 Å². The number of fused-ring (bicyclic) bond motifs is 3. The Labute approximate surface area is 161 Å². The lowest BCUT2D eigenvalue weighted by Gasteiger charge is -2.40. The van der Waals surface area contributed by atoms with Gasteiger partial charge in [-0.3, -0.25) is 4.90 Å². The van der Waals surface area contributed by atoms with E-state index in [1.165, 1.54) is 24.3 Å². The molecule has 4 rings (SSSR count). The number of halogens is 3. The predicted octanol–water partition coefficient (Wildman–Crippen LogP) is 4.09. The van der Waals surface area contributed by atoms with E-state index in [1.807, 2.05) is 13.0 Å². The fraction of sp³-hybridized carbons (Fsp3) is 0.409. The maximum atomic E-state index is 13.2. The van der Waals surface area contributed by atoms with E-state index in [2.05, 4.69) is 16.7 Å². The lowest BCUT2D eigenvalue weighted by molar-refractivity contribution is -0.142. The van der Waals surface area contributed by atoms with Gasteiger partial charge in [-0.25, -0.2) is 4.79 Å². The first-order valence-corrected chi connectivity index (χ1v) is 9.43. The van der Waals surface area contributed by atoms with Gasteiger partial charge in [0.05, 0.1) is 11.6 Å². The summed E-state index contributed by atoms with van der Waals surface area (Å²) in [6, 6.07) is 5.42. The molecule has 0 N–H and O–H groups in total. The number of nitrogens with zero attached hydrogens (tertiary/aromatic N) is 1. The molecule has 2 unspecified atom stereocenters. The van der Waals surface area contributed by atoms with Crippen molar-refractivity contribution in [2.24, 2.45) is 0 Å². The van der Waals surface area contributed by atoms with Crippen LogP contribution in [0.2, 0.25) is 0 Å². The van der Waals surface area contributed by atoms with Crippen molar-refractivity contribution in [2.75, 3.05) is 6.54 Å². The van der Waals surface area contributed by atoms with Crippen LogP contribution in [0, 0.1) is 11.8 Å². The number of hydrogen-bond acceptors (Lipinski definition) is 3. The third-order valence-electron chi connectivity index (χ3n) is 5.57. The maximum Gasteiger partial charge on any atom is 0.417 e. The fourth-order valence-corrected chi connectivity index (χ4v) is 4.28. The molecule has 3 aliphatic heterocycles. The van der Waals surface area contributed by atoms with Crippen molar-refractivity contribution < 1.29 is 22.7 Å². The molecule has 146 valence electrons. The summed E-state index contributed by atoms with van der Waals surface area (Å²) in [4.78, 5) is 14.2. The van der Waals surface area contributed by atoms with E-state index < -0.39 is 23.8 Å². The Balaban J connectivity index is 1.75. The van der Waals surface area contributed by atoms with Crippen LogP contribution in [0.4, 0.5) is 13.2 Å². The minimum atomic E-state index is -4.47. The molecule has 1 aromatic carbocycles. The molecule has 3 heterocycles. The van der Waals surface area contributed by atoms with Crippen LogP contribution in [0.1, 0.15) is 37.3 Å². The Morgan fingerprint density at radius 3 is 2.75 bits per heavy atom. The van der Waals surface area contributed by atoms with Crippen LogP contribution in [0.3, 0.4) is 0 Å². The highest BCUT2D eigenvalue weighted by Gasteiger charge is 2.42. The lowest BCUT2D eigenvalue weighted by Crippen LogP contribution is -2.49. The van der Waals surface area contributed by atoms with Crippen molar-refractivity contribution in [1.82, 2.24) is 4.90 Å². The van der Waals surface area contributed by atoms with Crippen LogP contribution < -0.4 is 0 Å². The molecular weight excluding hydrogens is 367 g/mol. The lowest BCUT2D eigenvalue weighted by atomic mass is 9.91. The van der Waals surface area contributed by atoms with Crippen molar-refractivity contribution in [3.8, 4) is 11.8 Å². The minimum Gasteiger partial charge on any atom is -0.453 e. The smallest absolute Gasteiger partial charge is 0.417 e. The summed E-state index contributed by atoms with van der Waals surface area (Å²) in [6.45, 7) is 2.95. The van der Waals surface area contributed by atoms with Gasteiger partial charge < -0.3 is 4.74 Å². The van der Waals surface area contributed by atoms with Crippen molar-refractivity contribution in [2.45, 2.75) is 50.6 Å². The molecule has 3 aliphatic rings. The molecule has 28 heavy (non-hydrogen) atoms. The summed E-state index contributed by atoms with van der Waals surface area (Å²) in [5.74, 6) is 5.18. The molecule has 1 aromatic rings. The first kappa shape index (κ1) is 18.8. The summed E-state index contributed by atoms with van der Waals surface area (Å²) in [5.41, 5.74) is 0.428. The van der Waals surface area contributed by atoms with Crippen LogP contribution in [-0.4, -0.2) is 35.6 Å². The second-order valence-electron chi connectivity index (χ2n) is 7.37. The molecule has 1 fully saturated rings. The highest BCUT2D eigenvalue weighted by Crippen LogP contribution is 2.37. The predicted molar refractivity (Wildman–Crippen MR) is 98.2 cm³/mol. The van der Waals surface area contributed by atoms with Gasteiger partial charge in [0.25, 0.3) is 0 Å². The summed E-state index contributed by atoms with van der Waals surface area (Å²) in [7, 11) is 0. The standard InChI is InChI=1S/C22H20F3NO2/c1-14-12-16(10-9-15-6-2-3-7-18(15)22(23,24)25)17-13-20(27)28-21(17)19-8-4-5-11-26(14)19/h2-3,6-7,12-14,19,21H,4-5,8,11H2,1H3/t14-,19?,21?/m0/s1. The molecule has 0 bridgehead atoms. The van der Waals surface area contributed by atoms with E-state index in [9.17, 15) is 18.0 Å². The number of carbonyl (C=O) groups is 1. The number of hydrogen-bond donors (Lipinski definition) is 0. The van der Waals surface area contributed by atoms with Gasteiger partial charge in [-0.1, -0.05) is 36.5 Å². The van der Waals surface area contributed by atoms with Gasteiger partial charge in [0, 0.05) is 28.8 Å². The molecule has 3 atom stereocenters. The average molecular weight is 387 g/mol. The first-order chi connectivity index (χ1) is 13.3. The first-order valence-electron chi connectivity index (χ1n) is 9.43. The molecule has 0 aliphatic carbocycles. The Bertz CT molecular complexity index is 920. The van der Waals surface area contributed by atoms with Crippen LogP contribution in [0.15, 0.2) is 47.6 Å². The number of ether oxygens (including phenoxy) is 1. The minimum absolute atomic E-state index is 0.0673. The van der Waals surface area contributed by atoms with E-state index in [4.69, 9.17) is 4.74 Å². The molecule has 6 heteroatoms. The zero-order valence-electron chi connectivity index (χ0n) is 15.4. The zero-order chi connectivity index (χ0) is 19.9. The van der Waals surface area contributed by atoms with Gasteiger partial charge in [-0.2, -0.15) is 13.2 Å². The second kappa shape index (κ2) is 7.14.